The van der Waals surface area contributed by atoms with Gasteiger partial charge in [0.1, 0.15) is 5.69 Å². The zero-order chi connectivity index (χ0) is 14.5. The van der Waals surface area contributed by atoms with Crippen LogP contribution in [0.25, 0.3) is 0 Å². The molecule has 0 amide bonds. The summed E-state index contributed by atoms with van der Waals surface area (Å²) in [5, 5.41) is 0. The third-order valence-electron chi connectivity index (χ3n) is 3.79. The molecule has 3 heterocycles. The molecule has 1 spiro atoms. The van der Waals surface area contributed by atoms with Gasteiger partial charge in [0.15, 0.2) is 0 Å². The van der Waals surface area contributed by atoms with E-state index in [1.807, 2.05) is 0 Å². The SMILES string of the molecule is Cc1nc(C(F)(F)F)ccc1SN1CC2(CN(C)C2)C1. The van der Waals surface area contributed by atoms with Crippen LogP contribution in [0, 0.1) is 12.3 Å². The second kappa shape index (κ2) is 4.61. The van der Waals surface area contributed by atoms with E-state index in [-0.39, 0.29) is 0 Å². The van der Waals surface area contributed by atoms with Crippen molar-refractivity contribution in [3.8, 4) is 0 Å². The molecule has 0 aromatic carbocycles. The highest BCUT2D eigenvalue weighted by Gasteiger charge is 2.50. The summed E-state index contributed by atoms with van der Waals surface area (Å²) in [6, 6.07) is 2.58. The number of rotatable bonds is 2. The van der Waals surface area contributed by atoms with Crippen LogP contribution in [0.2, 0.25) is 0 Å². The van der Waals surface area contributed by atoms with Gasteiger partial charge >= 0.3 is 6.18 Å². The molecule has 3 rings (SSSR count). The molecular weight excluding hydrogens is 287 g/mol. The lowest BCUT2D eigenvalue weighted by Crippen LogP contribution is -2.69. The van der Waals surface area contributed by atoms with Crippen LogP contribution in [0.3, 0.4) is 0 Å². The number of halogens is 3. The molecule has 2 saturated heterocycles. The summed E-state index contributed by atoms with van der Waals surface area (Å²) in [4.78, 5) is 6.75. The first-order chi connectivity index (χ1) is 9.27. The van der Waals surface area contributed by atoms with Crippen LogP contribution in [-0.4, -0.2) is 47.4 Å². The first-order valence-corrected chi connectivity index (χ1v) is 7.21. The topological polar surface area (TPSA) is 19.4 Å². The van der Waals surface area contributed by atoms with Crippen molar-refractivity contribution < 1.29 is 13.2 Å². The monoisotopic (exact) mass is 303 g/mol. The number of nitrogens with zero attached hydrogens (tertiary/aromatic N) is 3. The van der Waals surface area contributed by atoms with E-state index >= 15 is 0 Å². The van der Waals surface area contributed by atoms with Crippen molar-refractivity contribution in [1.82, 2.24) is 14.2 Å². The van der Waals surface area contributed by atoms with Crippen molar-refractivity contribution in [2.75, 3.05) is 33.2 Å². The molecule has 0 saturated carbocycles. The summed E-state index contributed by atoms with van der Waals surface area (Å²) in [5.74, 6) is 0. The van der Waals surface area contributed by atoms with Crippen LogP contribution in [0.1, 0.15) is 11.4 Å². The van der Waals surface area contributed by atoms with E-state index in [1.54, 1.807) is 6.92 Å². The Balaban J connectivity index is 1.62. The predicted octanol–water partition coefficient (Wildman–Crippen LogP) is 2.66. The Hall–Kier alpha value is -0.790. The molecule has 0 aliphatic carbocycles. The quantitative estimate of drug-likeness (QED) is 0.782. The van der Waals surface area contributed by atoms with Gasteiger partial charge in [-0.15, -0.1) is 0 Å². The number of aryl methyl sites for hydroxylation is 1. The molecule has 3 nitrogen and oxygen atoms in total. The Morgan fingerprint density at radius 3 is 2.35 bits per heavy atom. The van der Waals surface area contributed by atoms with Crippen LogP contribution in [-0.2, 0) is 6.18 Å². The molecule has 1 aromatic heterocycles. The fourth-order valence-corrected chi connectivity index (χ4v) is 4.27. The van der Waals surface area contributed by atoms with E-state index in [1.165, 1.54) is 18.0 Å². The van der Waals surface area contributed by atoms with Crippen molar-refractivity contribution in [1.29, 1.82) is 0 Å². The minimum absolute atomic E-state index is 0.426. The first kappa shape index (κ1) is 14.2. The van der Waals surface area contributed by atoms with Gasteiger partial charge in [0.25, 0.3) is 0 Å². The average molecular weight is 303 g/mol. The van der Waals surface area contributed by atoms with E-state index < -0.39 is 11.9 Å². The second-order valence-electron chi connectivity index (χ2n) is 5.84. The van der Waals surface area contributed by atoms with Crippen LogP contribution in [0.5, 0.6) is 0 Å². The number of alkyl halides is 3. The standard InChI is InChI=1S/C13H16F3N3S/c1-9-10(3-4-11(17-9)13(14,15)16)20-19-7-12(8-19)5-18(2)6-12/h3-4H,5-8H2,1-2H3. The Labute approximate surface area is 120 Å². The lowest BCUT2D eigenvalue weighted by molar-refractivity contribution is -0.141. The van der Waals surface area contributed by atoms with Crippen molar-refractivity contribution in [2.24, 2.45) is 5.41 Å². The highest BCUT2D eigenvalue weighted by molar-refractivity contribution is 7.97. The molecule has 0 N–H and O–H groups in total. The normalized spacial score (nSPS) is 22.6. The number of pyridine rings is 1. The van der Waals surface area contributed by atoms with E-state index in [0.717, 1.165) is 37.1 Å². The molecule has 110 valence electrons. The van der Waals surface area contributed by atoms with Gasteiger partial charge in [0.05, 0.1) is 5.69 Å². The maximum absolute atomic E-state index is 12.5. The summed E-state index contributed by atoms with van der Waals surface area (Å²) in [6.07, 6.45) is -4.37. The molecule has 0 radical (unpaired) electrons. The smallest absolute Gasteiger partial charge is 0.305 e. The fraction of sp³-hybridized carbons (Fsp3) is 0.615. The van der Waals surface area contributed by atoms with Crippen LogP contribution >= 0.6 is 11.9 Å². The zero-order valence-corrected chi connectivity index (χ0v) is 12.2. The van der Waals surface area contributed by atoms with Gasteiger partial charge in [0, 0.05) is 36.5 Å². The lowest BCUT2D eigenvalue weighted by atomic mass is 9.75. The second-order valence-corrected chi connectivity index (χ2v) is 6.98. The first-order valence-electron chi connectivity index (χ1n) is 6.44. The Morgan fingerprint density at radius 2 is 1.85 bits per heavy atom. The van der Waals surface area contributed by atoms with Gasteiger partial charge in [-0.05, 0) is 38.1 Å². The molecule has 7 heteroatoms. The summed E-state index contributed by atoms with van der Waals surface area (Å²) in [7, 11) is 2.10. The van der Waals surface area contributed by atoms with Crippen molar-refractivity contribution >= 4 is 11.9 Å². The van der Waals surface area contributed by atoms with Crippen molar-refractivity contribution in [3.63, 3.8) is 0 Å². The third kappa shape index (κ3) is 2.54. The minimum Gasteiger partial charge on any atom is -0.305 e. The van der Waals surface area contributed by atoms with Crippen LogP contribution < -0.4 is 0 Å². The van der Waals surface area contributed by atoms with Crippen LogP contribution in [0.4, 0.5) is 13.2 Å². The van der Waals surface area contributed by atoms with Gasteiger partial charge in [-0.25, -0.2) is 9.29 Å². The summed E-state index contributed by atoms with van der Waals surface area (Å²) >= 11 is 1.51. The largest absolute Gasteiger partial charge is 0.433 e. The number of hydrogen-bond acceptors (Lipinski definition) is 4. The predicted molar refractivity (Wildman–Crippen MR) is 71.3 cm³/mol. The van der Waals surface area contributed by atoms with E-state index in [0.29, 0.717) is 11.1 Å². The van der Waals surface area contributed by atoms with E-state index in [9.17, 15) is 13.2 Å². The molecular formula is C13H16F3N3S. The Morgan fingerprint density at radius 1 is 1.20 bits per heavy atom. The number of aromatic nitrogens is 1. The minimum atomic E-state index is -4.37. The highest BCUT2D eigenvalue weighted by Crippen LogP contribution is 2.44. The molecule has 0 bridgehead atoms. The van der Waals surface area contributed by atoms with E-state index in [2.05, 4.69) is 21.2 Å². The van der Waals surface area contributed by atoms with Crippen molar-refractivity contribution in [2.45, 2.75) is 18.0 Å². The molecule has 2 fully saturated rings. The molecule has 20 heavy (non-hydrogen) atoms. The van der Waals surface area contributed by atoms with E-state index in [4.69, 9.17) is 0 Å². The fourth-order valence-electron chi connectivity index (χ4n) is 3.01. The van der Waals surface area contributed by atoms with Gasteiger partial charge in [0.2, 0.25) is 0 Å². The lowest BCUT2D eigenvalue weighted by Gasteiger charge is -2.59. The Bertz CT molecular complexity index is 518. The number of likely N-dealkylation sites (tertiary alicyclic amines) is 1. The Kier molecular flexibility index (Phi) is 3.26. The zero-order valence-electron chi connectivity index (χ0n) is 11.4. The van der Waals surface area contributed by atoms with Gasteiger partial charge in [-0.1, -0.05) is 0 Å². The van der Waals surface area contributed by atoms with Crippen molar-refractivity contribution in [3.05, 3.63) is 23.5 Å². The average Bonchev–Trinajstić information content (AvgIpc) is 2.25. The highest BCUT2D eigenvalue weighted by atomic mass is 32.2. The summed E-state index contributed by atoms with van der Waals surface area (Å²) in [6.45, 7) is 5.87. The molecule has 2 aliphatic rings. The molecule has 1 aromatic rings. The molecule has 0 atom stereocenters. The number of hydrogen-bond donors (Lipinski definition) is 0. The van der Waals surface area contributed by atoms with Crippen LogP contribution in [0.15, 0.2) is 17.0 Å². The maximum Gasteiger partial charge on any atom is 0.433 e. The summed E-state index contributed by atoms with van der Waals surface area (Å²) < 4.78 is 39.8. The van der Waals surface area contributed by atoms with Gasteiger partial charge in [-0.2, -0.15) is 13.2 Å². The summed E-state index contributed by atoms with van der Waals surface area (Å²) in [5.41, 5.74) is 0.0474. The van der Waals surface area contributed by atoms with Gasteiger partial charge < -0.3 is 4.90 Å². The molecule has 2 aliphatic heterocycles. The van der Waals surface area contributed by atoms with Gasteiger partial charge in [-0.3, -0.25) is 0 Å². The molecule has 0 unspecified atom stereocenters. The third-order valence-corrected chi connectivity index (χ3v) is 4.93. The maximum atomic E-state index is 12.5.